The van der Waals surface area contributed by atoms with Crippen LogP contribution in [0.5, 0.6) is 0 Å². The van der Waals surface area contributed by atoms with Gasteiger partial charge in [-0.1, -0.05) is 54.6 Å². The molecular formula is C26H18FNO5. The highest BCUT2D eigenvalue weighted by molar-refractivity contribution is 6.20. The van der Waals surface area contributed by atoms with E-state index in [-0.39, 0.29) is 16.8 Å². The molecule has 0 aliphatic carbocycles. The fraction of sp³-hybridized carbons (Fsp3) is 0.0385. The topological polar surface area (TPSA) is 94.9 Å². The highest BCUT2D eigenvalue weighted by Crippen LogP contribution is 2.41. The van der Waals surface area contributed by atoms with E-state index in [0.717, 1.165) is 10.5 Å². The molecule has 2 N–H and O–H groups in total. The summed E-state index contributed by atoms with van der Waals surface area (Å²) in [6.45, 7) is 0. The van der Waals surface area contributed by atoms with Gasteiger partial charge in [0.25, 0.3) is 5.91 Å². The van der Waals surface area contributed by atoms with Gasteiger partial charge >= 0.3 is 5.97 Å². The maximum absolute atomic E-state index is 13.6. The first-order valence-corrected chi connectivity index (χ1v) is 10.00. The number of allylic oxidation sites excluding steroid dienone is 1. The average Bonchev–Trinajstić information content (AvgIpc) is 3.09. The molecule has 0 saturated carbocycles. The van der Waals surface area contributed by atoms with Crippen LogP contribution in [0.2, 0.25) is 0 Å². The van der Waals surface area contributed by atoms with E-state index < -0.39 is 35.3 Å². The van der Waals surface area contributed by atoms with Crippen LogP contribution in [0.25, 0.3) is 6.08 Å². The molecule has 1 aliphatic rings. The second-order valence-corrected chi connectivity index (χ2v) is 7.36. The van der Waals surface area contributed by atoms with Gasteiger partial charge in [-0.05, 0) is 47.5 Å². The first-order chi connectivity index (χ1) is 15.9. The number of aliphatic hydroxyl groups is 1. The van der Waals surface area contributed by atoms with Crippen molar-refractivity contribution in [1.82, 2.24) is 0 Å². The van der Waals surface area contributed by atoms with Gasteiger partial charge in [0.2, 0.25) is 0 Å². The first kappa shape index (κ1) is 21.7. The summed E-state index contributed by atoms with van der Waals surface area (Å²) in [4.78, 5) is 38.7. The minimum atomic E-state index is -1.19. The van der Waals surface area contributed by atoms with Gasteiger partial charge in [-0.25, -0.2) is 9.18 Å². The molecule has 1 heterocycles. The molecule has 0 aromatic heterocycles. The zero-order chi connectivity index (χ0) is 23.5. The van der Waals surface area contributed by atoms with Gasteiger partial charge in [0, 0.05) is 5.69 Å². The van der Waals surface area contributed by atoms with E-state index in [1.54, 1.807) is 30.3 Å². The molecule has 1 amide bonds. The summed E-state index contributed by atoms with van der Waals surface area (Å²) >= 11 is 0. The minimum absolute atomic E-state index is 0.0682. The third-order valence-electron chi connectivity index (χ3n) is 5.26. The van der Waals surface area contributed by atoms with Crippen LogP contribution in [0.4, 0.5) is 10.1 Å². The van der Waals surface area contributed by atoms with Crippen LogP contribution >= 0.6 is 0 Å². The van der Waals surface area contributed by atoms with Crippen molar-refractivity contribution in [2.45, 2.75) is 6.04 Å². The number of nitrogens with zero attached hydrogens (tertiary/aromatic N) is 1. The van der Waals surface area contributed by atoms with E-state index in [1.807, 2.05) is 6.07 Å². The van der Waals surface area contributed by atoms with Crippen molar-refractivity contribution in [3.8, 4) is 0 Å². The number of aliphatic hydroxyl groups excluding tert-OH is 1. The van der Waals surface area contributed by atoms with Crippen molar-refractivity contribution < 1.29 is 29.0 Å². The molecule has 0 spiro atoms. The first-order valence-electron chi connectivity index (χ1n) is 10.00. The van der Waals surface area contributed by atoms with Gasteiger partial charge in [0.05, 0.1) is 17.2 Å². The van der Waals surface area contributed by atoms with Crippen LogP contribution < -0.4 is 4.90 Å². The highest BCUT2D eigenvalue weighted by Gasteiger charge is 2.43. The number of hydrogen-bond acceptors (Lipinski definition) is 4. The molecule has 3 aromatic carbocycles. The zero-order valence-corrected chi connectivity index (χ0v) is 17.2. The third-order valence-corrected chi connectivity index (χ3v) is 5.26. The van der Waals surface area contributed by atoms with Crippen LogP contribution in [0, 0.1) is 5.82 Å². The van der Waals surface area contributed by atoms with Crippen molar-refractivity contribution >= 4 is 29.4 Å². The predicted molar refractivity (Wildman–Crippen MR) is 120 cm³/mol. The lowest BCUT2D eigenvalue weighted by molar-refractivity contribution is -0.117. The van der Waals surface area contributed by atoms with Crippen molar-refractivity contribution in [1.29, 1.82) is 0 Å². The third kappa shape index (κ3) is 4.29. The van der Waals surface area contributed by atoms with E-state index >= 15 is 0 Å². The number of carbonyl (C=O) groups is 3. The van der Waals surface area contributed by atoms with Crippen molar-refractivity contribution in [2.24, 2.45) is 0 Å². The van der Waals surface area contributed by atoms with Gasteiger partial charge in [0.15, 0.2) is 11.5 Å². The number of ketones is 1. The van der Waals surface area contributed by atoms with Crippen molar-refractivity contribution in [3.63, 3.8) is 0 Å². The number of carboxylic acids is 1. The summed E-state index contributed by atoms with van der Waals surface area (Å²) in [7, 11) is 0. The number of hydrogen-bond donors (Lipinski definition) is 2. The summed E-state index contributed by atoms with van der Waals surface area (Å²) in [5.41, 5.74) is 1.06. The fourth-order valence-electron chi connectivity index (χ4n) is 3.70. The van der Waals surface area contributed by atoms with E-state index in [4.69, 9.17) is 0 Å². The summed E-state index contributed by atoms with van der Waals surface area (Å²) < 4.78 is 13.6. The average molecular weight is 443 g/mol. The molecule has 1 aliphatic heterocycles. The normalized spacial score (nSPS) is 16.0. The molecule has 0 radical (unpaired) electrons. The molecule has 164 valence electrons. The number of carbonyl (C=O) groups excluding carboxylic acids is 2. The molecule has 0 fully saturated rings. The number of halogens is 1. The van der Waals surface area contributed by atoms with Crippen LogP contribution in [-0.2, 0) is 9.59 Å². The number of benzene rings is 3. The Morgan fingerprint density at radius 1 is 0.939 bits per heavy atom. The number of rotatable bonds is 6. The summed E-state index contributed by atoms with van der Waals surface area (Å²) in [6, 6.07) is 18.7. The Kier molecular flexibility index (Phi) is 5.87. The molecule has 6 nitrogen and oxygen atoms in total. The second kappa shape index (κ2) is 8.92. The highest BCUT2D eigenvalue weighted by atomic mass is 19.1. The Bertz CT molecular complexity index is 1300. The molecule has 4 rings (SSSR count). The lowest BCUT2D eigenvalue weighted by atomic mass is 9.95. The molecular weight excluding hydrogens is 425 g/mol. The summed E-state index contributed by atoms with van der Waals surface area (Å²) in [5.74, 6) is -3.90. The number of anilines is 1. The Morgan fingerprint density at radius 3 is 2.30 bits per heavy atom. The standard InChI is InChI=1S/C26H18FNO5/c27-19-12-10-17(11-13-19)23-22(21(29)14-9-16-5-2-1-3-6-16)24(30)25(31)28(23)20-8-4-7-18(15-20)26(32)33/h1-15,23,30H,(H,32,33)/b14-9+/t23-/m1/s1. The smallest absolute Gasteiger partial charge is 0.335 e. The monoisotopic (exact) mass is 443 g/mol. The Balaban J connectivity index is 1.81. The van der Waals surface area contributed by atoms with Crippen molar-refractivity contribution in [2.75, 3.05) is 4.90 Å². The van der Waals surface area contributed by atoms with Crippen LogP contribution in [0.3, 0.4) is 0 Å². The number of aromatic carboxylic acids is 1. The van der Waals surface area contributed by atoms with E-state index in [9.17, 15) is 29.0 Å². The fourth-order valence-corrected chi connectivity index (χ4v) is 3.70. The summed E-state index contributed by atoms with van der Waals surface area (Å²) in [6.07, 6.45) is 2.81. The molecule has 33 heavy (non-hydrogen) atoms. The Morgan fingerprint density at radius 2 is 1.64 bits per heavy atom. The lowest BCUT2D eigenvalue weighted by Crippen LogP contribution is -2.31. The van der Waals surface area contributed by atoms with Gasteiger partial charge in [-0.2, -0.15) is 0 Å². The van der Waals surface area contributed by atoms with Gasteiger partial charge in [0.1, 0.15) is 5.82 Å². The van der Waals surface area contributed by atoms with Crippen LogP contribution in [-0.4, -0.2) is 27.9 Å². The SMILES string of the molecule is O=C(/C=C/c1ccccc1)C1=C(O)C(=O)N(c2cccc(C(=O)O)c2)[C@@H]1c1ccc(F)cc1. The van der Waals surface area contributed by atoms with E-state index in [0.29, 0.717) is 5.56 Å². The van der Waals surface area contributed by atoms with Gasteiger partial charge < -0.3 is 10.2 Å². The molecule has 7 heteroatoms. The Labute approximate surface area is 188 Å². The number of amides is 1. The molecule has 0 unspecified atom stereocenters. The molecule has 0 bridgehead atoms. The molecule has 1 atom stereocenters. The zero-order valence-electron chi connectivity index (χ0n) is 17.2. The predicted octanol–water partition coefficient (Wildman–Crippen LogP) is 4.71. The number of carboxylic acid groups (broad SMARTS) is 1. The maximum Gasteiger partial charge on any atom is 0.335 e. The maximum atomic E-state index is 13.6. The van der Waals surface area contributed by atoms with E-state index in [2.05, 4.69) is 0 Å². The minimum Gasteiger partial charge on any atom is -0.503 e. The van der Waals surface area contributed by atoms with Crippen LogP contribution in [0.15, 0.2) is 96.3 Å². The lowest BCUT2D eigenvalue weighted by Gasteiger charge is -2.27. The van der Waals surface area contributed by atoms with E-state index in [1.165, 1.54) is 54.6 Å². The van der Waals surface area contributed by atoms with Gasteiger partial charge in [-0.15, -0.1) is 0 Å². The van der Waals surface area contributed by atoms with Crippen LogP contribution in [0.1, 0.15) is 27.5 Å². The van der Waals surface area contributed by atoms with Crippen molar-refractivity contribution in [3.05, 3.63) is 119 Å². The molecule has 0 saturated heterocycles. The quantitative estimate of drug-likeness (QED) is 0.538. The Hall–Kier alpha value is -4.52. The largest absolute Gasteiger partial charge is 0.503 e. The second-order valence-electron chi connectivity index (χ2n) is 7.36. The van der Waals surface area contributed by atoms with Gasteiger partial charge in [-0.3, -0.25) is 14.5 Å². The molecule has 3 aromatic rings. The summed E-state index contributed by atoms with van der Waals surface area (Å²) in [5, 5.41) is 20.0.